The number of carbonyl (C=O) groups is 3. The number of ether oxygens (including phenoxy) is 1. The molecule has 1 fully saturated rings. The smallest absolute Gasteiger partial charge is 0.335 e. The van der Waals surface area contributed by atoms with Gasteiger partial charge in [0.2, 0.25) is 0 Å². The summed E-state index contributed by atoms with van der Waals surface area (Å²) < 4.78 is 5.51. The van der Waals surface area contributed by atoms with Gasteiger partial charge in [0.25, 0.3) is 11.8 Å². The summed E-state index contributed by atoms with van der Waals surface area (Å²) in [6.07, 6.45) is 2.06. The van der Waals surface area contributed by atoms with Gasteiger partial charge in [-0.1, -0.05) is 53.3 Å². The summed E-state index contributed by atoms with van der Waals surface area (Å²) in [4.78, 5) is 38.3. The molecule has 4 amide bonds. The van der Waals surface area contributed by atoms with Crippen molar-refractivity contribution in [3.8, 4) is 5.75 Å². The number of urea groups is 1. The minimum atomic E-state index is -0.903. The molecule has 156 valence electrons. The lowest BCUT2D eigenvalue weighted by Gasteiger charge is -2.26. The Morgan fingerprint density at radius 1 is 0.967 bits per heavy atom. The number of amides is 4. The predicted octanol–water partition coefficient (Wildman–Crippen LogP) is 5.76. The summed E-state index contributed by atoms with van der Waals surface area (Å²) in [6, 6.07) is 6.33. The molecule has 0 spiro atoms. The number of benzene rings is 2. The van der Waals surface area contributed by atoms with Crippen LogP contribution in [0.1, 0.15) is 18.9 Å². The first-order chi connectivity index (χ1) is 14.2. The highest BCUT2D eigenvalue weighted by Gasteiger charge is 2.37. The van der Waals surface area contributed by atoms with Gasteiger partial charge in [-0.15, -0.1) is 0 Å². The predicted molar refractivity (Wildman–Crippen MR) is 118 cm³/mol. The molecule has 6 nitrogen and oxygen atoms in total. The van der Waals surface area contributed by atoms with E-state index in [4.69, 9.17) is 51.1 Å². The zero-order valence-corrected chi connectivity index (χ0v) is 18.5. The molecule has 1 heterocycles. The second-order valence-corrected chi connectivity index (χ2v) is 7.85. The van der Waals surface area contributed by atoms with Gasteiger partial charge in [0.1, 0.15) is 5.57 Å². The number of nitrogens with zero attached hydrogens (tertiary/aromatic N) is 1. The number of barbiturate groups is 1. The van der Waals surface area contributed by atoms with Crippen LogP contribution in [-0.4, -0.2) is 24.5 Å². The van der Waals surface area contributed by atoms with Crippen molar-refractivity contribution >= 4 is 76.0 Å². The minimum absolute atomic E-state index is 0.151. The number of hydrogen-bond acceptors (Lipinski definition) is 4. The second kappa shape index (κ2) is 9.27. The summed E-state index contributed by atoms with van der Waals surface area (Å²) in [7, 11) is 0. The van der Waals surface area contributed by atoms with Crippen LogP contribution in [0.4, 0.5) is 10.5 Å². The fourth-order valence-corrected chi connectivity index (χ4v) is 3.59. The van der Waals surface area contributed by atoms with Gasteiger partial charge in [0.15, 0.2) is 5.75 Å². The van der Waals surface area contributed by atoms with Gasteiger partial charge in [-0.05, 0) is 48.4 Å². The molecule has 1 aliphatic rings. The first-order valence-corrected chi connectivity index (χ1v) is 10.2. The topological polar surface area (TPSA) is 75.7 Å². The van der Waals surface area contributed by atoms with E-state index in [2.05, 4.69) is 5.32 Å². The van der Waals surface area contributed by atoms with Crippen LogP contribution in [-0.2, 0) is 9.59 Å². The van der Waals surface area contributed by atoms with Crippen molar-refractivity contribution < 1.29 is 19.1 Å². The van der Waals surface area contributed by atoms with E-state index >= 15 is 0 Å². The van der Waals surface area contributed by atoms with Crippen LogP contribution in [0.2, 0.25) is 20.1 Å². The summed E-state index contributed by atoms with van der Waals surface area (Å²) >= 11 is 24.3. The third kappa shape index (κ3) is 4.57. The number of rotatable bonds is 5. The van der Waals surface area contributed by atoms with E-state index in [0.717, 1.165) is 11.3 Å². The van der Waals surface area contributed by atoms with Crippen molar-refractivity contribution in [2.45, 2.75) is 13.3 Å². The Labute approximate surface area is 192 Å². The zero-order valence-electron chi connectivity index (χ0n) is 15.5. The fourth-order valence-electron chi connectivity index (χ4n) is 2.69. The zero-order chi connectivity index (χ0) is 22.0. The highest BCUT2D eigenvalue weighted by Crippen LogP contribution is 2.35. The standard InChI is InChI=1S/C20H14Cl4N2O4/c1-2-5-30-17-15(23)7-10(8-16(17)24)6-12-18(27)25-20(29)26(19(12)28)11-3-4-13(21)14(22)9-11/h3-4,6-9H,2,5H2,1H3,(H,25,27,29). The van der Waals surface area contributed by atoms with Crippen molar-refractivity contribution in [3.05, 3.63) is 61.6 Å². The normalized spacial score (nSPS) is 15.6. The van der Waals surface area contributed by atoms with Crippen LogP contribution in [0.15, 0.2) is 35.9 Å². The van der Waals surface area contributed by atoms with Crippen LogP contribution in [0.5, 0.6) is 5.75 Å². The molecule has 0 unspecified atom stereocenters. The maximum Gasteiger partial charge on any atom is 0.335 e. The fraction of sp³-hybridized carbons (Fsp3) is 0.150. The Balaban J connectivity index is 1.99. The van der Waals surface area contributed by atoms with Crippen LogP contribution in [0, 0.1) is 0 Å². The van der Waals surface area contributed by atoms with E-state index in [1.807, 2.05) is 6.92 Å². The number of hydrogen-bond donors (Lipinski definition) is 1. The molecule has 0 aliphatic carbocycles. The summed E-state index contributed by atoms with van der Waals surface area (Å²) in [6.45, 7) is 2.37. The Morgan fingerprint density at radius 3 is 2.23 bits per heavy atom. The number of carbonyl (C=O) groups excluding carboxylic acids is 3. The summed E-state index contributed by atoms with van der Waals surface area (Å²) in [5.41, 5.74) is 0.260. The maximum atomic E-state index is 12.9. The average Bonchev–Trinajstić information content (AvgIpc) is 2.67. The van der Waals surface area contributed by atoms with E-state index in [1.165, 1.54) is 36.4 Å². The molecule has 2 aromatic rings. The molecule has 2 aromatic carbocycles. The number of anilines is 1. The minimum Gasteiger partial charge on any atom is -0.490 e. The van der Waals surface area contributed by atoms with E-state index < -0.39 is 17.8 Å². The van der Waals surface area contributed by atoms with Crippen LogP contribution in [0.25, 0.3) is 6.08 Å². The van der Waals surface area contributed by atoms with Gasteiger partial charge in [0, 0.05) is 0 Å². The molecule has 1 N–H and O–H groups in total. The van der Waals surface area contributed by atoms with E-state index in [0.29, 0.717) is 17.9 Å². The molecular weight excluding hydrogens is 474 g/mol. The first-order valence-electron chi connectivity index (χ1n) is 8.71. The average molecular weight is 488 g/mol. The van der Waals surface area contributed by atoms with Crippen LogP contribution >= 0.6 is 46.4 Å². The summed E-state index contributed by atoms with van der Waals surface area (Å²) in [5.74, 6) is -1.37. The molecule has 3 rings (SSSR count). The second-order valence-electron chi connectivity index (χ2n) is 6.22. The number of halogens is 4. The van der Waals surface area contributed by atoms with Gasteiger partial charge in [-0.2, -0.15) is 0 Å². The Morgan fingerprint density at radius 2 is 1.63 bits per heavy atom. The lowest BCUT2D eigenvalue weighted by molar-refractivity contribution is -0.122. The van der Waals surface area contributed by atoms with Crippen molar-refractivity contribution in [1.29, 1.82) is 0 Å². The lowest BCUT2D eigenvalue weighted by atomic mass is 10.1. The molecule has 0 saturated carbocycles. The molecule has 10 heteroatoms. The maximum absolute atomic E-state index is 12.9. The quantitative estimate of drug-likeness (QED) is 0.430. The third-order valence-electron chi connectivity index (χ3n) is 4.05. The van der Waals surface area contributed by atoms with Crippen molar-refractivity contribution in [2.75, 3.05) is 11.5 Å². The van der Waals surface area contributed by atoms with Crippen molar-refractivity contribution in [1.82, 2.24) is 5.32 Å². The van der Waals surface area contributed by atoms with Gasteiger partial charge >= 0.3 is 6.03 Å². The summed E-state index contributed by atoms with van der Waals surface area (Å²) in [5, 5.41) is 2.98. The molecule has 1 aliphatic heterocycles. The molecular formula is C20H14Cl4N2O4. The Hall–Kier alpha value is -2.25. The molecule has 1 saturated heterocycles. The van der Waals surface area contributed by atoms with Gasteiger partial charge < -0.3 is 4.74 Å². The van der Waals surface area contributed by atoms with Gasteiger partial charge in [-0.3, -0.25) is 14.9 Å². The molecule has 30 heavy (non-hydrogen) atoms. The molecule has 0 atom stereocenters. The van der Waals surface area contributed by atoms with Crippen LogP contribution in [0.3, 0.4) is 0 Å². The SMILES string of the molecule is CCCOc1c(Cl)cc(C=C2C(=O)NC(=O)N(c3ccc(Cl)c(Cl)c3)C2=O)cc1Cl. The van der Waals surface area contributed by atoms with Crippen molar-refractivity contribution in [3.63, 3.8) is 0 Å². The van der Waals surface area contributed by atoms with Gasteiger partial charge in [-0.25, -0.2) is 9.69 Å². The Bertz CT molecular complexity index is 1060. The highest BCUT2D eigenvalue weighted by molar-refractivity contribution is 6.43. The lowest BCUT2D eigenvalue weighted by Crippen LogP contribution is -2.54. The molecule has 0 radical (unpaired) electrons. The highest BCUT2D eigenvalue weighted by atomic mass is 35.5. The third-order valence-corrected chi connectivity index (χ3v) is 5.35. The van der Waals surface area contributed by atoms with E-state index in [-0.39, 0.29) is 31.4 Å². The van der Waals surface area contributed by atoms with Crippen LogP contribution < -0.4 is 15.0 Å². The largest absolute Gasteiger partial charge is 0.490 e. The Kier molecular flexibility index (Phi) is 6.93. The molecule has 0 aromatic heterocycles. The first kappa shape index (κ1) is 22.4. The number of imide groups is 2. The van der Waals surface area contributed by atoms with Gasteiger partial charge in [0.05, 0.1) is 32.4 Å². The number of nitrogens with one attached hydrogen (secondary N) is 1. The van der Waals surface area contributed by atoms with E-state index in [9.17, 15) is 14.4 Å². The van der Waals surface area contributed by atoms with E-state index in [1.54, 1.807) is 0 Å². The monoisotopic (exact) mass is 486 g/mol. The molecule has 0 bridgehead atoms. The van der Waals surface area contributed by atoms with Crippen molar-refractivity contribution in [2.24, 2.45) is 0 Å².